The Balaban J connectivity index is 1.49. The molecule has 0 spiro atoms. The summed E-state index contributed by atoms with van der Waals surface area (Å²) in [5.41, 5.74) is 10.0. The van der Waals surface area contributed by atoms with Crippen molar-refractivity contribution in [3.63, 3.8) is 0 Å². The molecule has 0 saturated carbocycles. The van der Waals surface area contributed by atoms with E-state index in [1.54, 1.807) is 7.11 Å². The van der Waals surface area contributed by atoms with Crippen LogP contribution in [0.3, 0.4) is 0 Å². The van der Waals surface area contributed by atoms with Crippen LogP contribution in [0.15, 0.2) is 53.4 Å². The number of nitrogen functional groups attached to an aromatic ring is 1. The summed E-state index contributed by atoms with van der Waals surface area (Å²) in [7, 11) is 0.498. The van der Waals surface area contributed by atoms with Gasteiger partial charge in [-0.15, -0.1) is 0 Å². The van der Waals surface area contributed by atoms with E-state index in [9.17, 15) is 4.21 Å². The SMILES string of the molecule is COCCc1nc2c(N)nc3ccccc3c2n1CCCCNS(=O)c1ccc(C)cc1. The first kappa shape index (κ1) is 22.4. The molecule has 0 fully saturated rings. The third kappa shape index (κ3) is 4.82. The van der Waals surface area contributed by atoms with Crippen LogP contribution < -0.4 is 10.5 Å². The summed E-state index contributed by atoms with van der Waals surface area (Å²) in [5, 5.41) is 1.05. The average Bonchev–Trinajstić information content (AvgIpc) is 3.17. The number of methoxy groups -OCH3 is 1. The van der Waals surface area contributed by atoms with E-state index in [0.717, 1.165) is 57.6 Å². The molecule has 0 aliphatic rings. The molecule has 0 bridgehead atoms. The zero-order valence-electron chi connectivity index (χ0n) is 18.5. The first-order valence-corrected chi connectivity index (χ1v) is 12.0. The zero-order valence-corrected chi connectivity index (χ0v) is 19.3. The second-order valence-electron chi connectivity index (χ2n) is 7.82. The highest BCUT2D eigenvalue weighted by Gasteiger charge is 2.17. The Morgan fingerprint density at radius 3 is 2.66 bits per heavy atom. The number of nitrogens with zero attached hydrogens (tertiary/aromatic N) is 3. The molecule has 0 radical (unpaired) electrons. The largest absolute Gasteiger partial charge is 0.384 e. The highest BCUT2D eigenvalue weighted by atomic mass is 32.2. The van der Waals surface area contributed by atoms with Crippen molar-refractivity contribution in [2.75, 3.05) is 26.0 Å². The second kappa shape index (κ2) is 10.2. The first-order valence-electron chi connectivity index (χ1n) is 10.8. The smallest absolute Gasteiger partial charge is 0.152 e. The molecule has 7 nitrogen and oxygen atoms in total. The van der Waals surface area contributed by atoms with E-state index in [1.165, 1.54) is 0 Å². The van der Waals surface area contributed by atoms with Crippen molar-refractivity contribution in [1.29, 1.82) is 0 Å². The summed E-state index contributed by atoms with van der Waals surface area (Å²) in [4.78, 5) is 10.1. The van der Waals surface area contributed by atoms with Gasteiger partial charge in [-0.2, -0.15) is 0 Å². The molecule has 32 heavy (non-hydrogen) atoms. The molecule has 2 heterocycles. The topological polar surface area (TPSA) is 95.1 Å². The van der Waals surface area contributed by atoms with Crippen molar-refractivity contribution in [3.05, 3.63) is 59.9 Å². The molecule has 1 atom stereocenters. The minimum Gasteiger partial charge on any atom is -0.384 e. The molecule has 2 aromatic carbocycles. The number of ether oxygens (including phenoxy) is 1. The first-order chi connectivity index (χ1) is 15.6. The van der Waals surface area contributed by atoms with Crippen molar-refractivity contribution in [3.8, 4) is 0 Å². The number of nitrogens with two attached hydrogens (primary N) is 1. The number of aryl methyl sites for hydroxylation is 2. The highest BCUT2D eigenvalue weighted by Crippen LogP contribution is 2.29. The van der Waals surface area contributed by atoms with E-state index in [4.69, 9.17) is 15.5 Å². The van der Waals surface area contributed by atoms with Crippen LogP contribution in [0.4, 0.5) is 5.82 Å². The molecular weight excluding hydrogens is 422 g/mol. The fourth-order valence-electron chi connectivity index (χ4n) is 3.83. The highest BCUT2D eigenvalue weighted by molar-refractivity contribution is 7.83. The van der Waals surface area contributed by atoms with Crippen molar-refractivity contribution >= 4 is 38.7 Å². The van der Waals surface area contributed by atoms with Crippen LogP contribution >= 0.6 is 0 Å². The van der Waals surface area contributed by atoms with E-state index in [-0.39, 0.29) is 0 Å². The van der Waals surface area contributed by atoms with Gasteiger partial charge in [-0.25, -0.2) is 18.9 Å². The lowest BCUT2D eigenvalue weighted by Gasteiger charge is -2.11. The van der Waals surface area contributed by atoms with Crippen LogP contribution in [0.1, 0.15) is 24.2 Å². The van der Waals surface area contributed by atoms with Gasteiger partial charge in [0.25, 0.3) is 0 Å². The Morgan fingerprint density at radius 2 is 1.88 bits per heavy atom. The van der Waals surface area contributed by atoms with Gasteiger partial charge in [-0.05, 0) is 38.0 Å². The predicted molar refractivity (Wildman–Crippen MR) is 130 cm³/mol. The summed E-state index contributed by atoms with van der Waals surface area (Å²) in [6.45, 7) is 4.08. The molecule has 168 valence electrons. The van der Waals surface area contributed by atoms with E-state index < -0.39 is 11.0 Å². The predicted octanol–water partition coefficient (Wildman–Crippen LogP) is 3.76. The lowest BCUT2D eigenvalue weighted by Crippen LogP contribution is -2.19. The Labute approximate surface area is 190 Å². The molecule has 0 aliphatic carbocycles. The number of rotatable bonds is 10. The molecule has 0 saturated heterocycles. The number of imidazole rings is 1. The summed E-state index contributed by atoms with van der Waals surface area (Å²) < 4.78 is 23.1. The van der Waals surface area contributed by atoms with E-state index in [1.807, 2.05) is 49.4 Å². The standard InChI is InChI=1S/C24H29N5O2S/c1-17-9-11-18(12-10-17)32(30)26-14-5-6-15-29-21(13-16-31-2)28-22-23(29)19-7-3-4-8-20(19)27-24(22)25/h3-4,7-12,26H,5-6,13-16H2,1-2H3,(H2,25,27). The van der Waals surface area contributed by atoms with Crippen LogP contribution in [-0.4, -0.2) is 39.0 Å². The van der Waals surface area contributed by atoms with Gasteiger partial charge in [0.05, 0.1) is 22.5 Å². The van der Waals surface area contributed by atoms with Crippen LogP contribution in [0.25, 0.3) is 21.9 Å². The van der Waals surface area contributed by atoms with Crippen molar-refractivity contribution in [2.45, 2.75) is 37.6 Å². The summed E-state index contributed by atoms with van der Waals surface area (Å²) in [6, 6.07) is 15.8. The Hall–Kier alpha value is -2.81. The van der Waals surface area contributed by atoms with Crippen LogP contribution in [0.2, 0.25) is 0 Å². The Bertz CT molecular complexity index is 1240. The maximum Gasteiger partial charge on any atom is 0.152 e. The summed E-state index contributed by atoms with van der Waals surface area (Å²) >= 11 is 0. The van der Waals surface area contributed by atoms with Crippen molar-refractivity contribution < 1.29 is 8.95 Å². The van der Waals surface area contributed by atoms with Crippen LogP contribution in [0.5, 0.6) is 0 Å². The lowest BCUT2D eigenvalue weighted by atomic mass is 10.2. The number of hydrogen-bond donors (Lipinski definition) is 2. The molecule has 4 aromatic rings. The molecule has 4 rings (SSSR count). The molecule has 0 aliphatic heterocycles. The van der Waals surface area contributed by atoms with Gasteiger partial charge in [0.2, 0.25) is 0 Å². The van der Waals surface area contributed by atoms with Crippen LogP contribution in [-0.2, 0) is 28.7 Å². The number of pyridine rings is 1. The monoisotopic (exact) mass is 451 g/mol. The Morgan fingerprint density at radius 1 is 1.09 bits per heavy atom. The normalized spacial score (nSPS) is 12.6. The van der Waals surface area contributed by atoms with Gasteiger partial charge in [-0.3, -0.25) is 0 Å². The fourth-order valence-corrected chi connectivity index (χ4v) is 4.71. The number of para-hydroxylation sites is 1. The number of hydrogen-bond acceptors (Lipinski definition) is 5. The van der Waals surface area contributed by atoms with E-state index in [2.05, 4.69) is 20.3 Å². The van der Waals surface area contributed by atoms with Gasteiger partial charge in [0.15, 0.2) is 5.82 Å². The number of unbranched alkanes of at least 4 members (excludes halogenated alkanes) is 1. The second-order valence-corrected chi connectivity index (χ2v) is 9.11. The van der Waals surface area contributed by atoms with Gasteiger partial charge in [0.1, 0.15) is 22.3 Å². The van der Waals surface area contributed by atoms with Crippen molar-refractivity contribution in [1.82, 2.24) is 19.3 Å². The van der Waals surface area contributed by atoms with Gasteiger partial charge >= 0.3 is 0 Å². The molecule has 2 aromatic heterocycles. The summed E-state index contributed by atoms with van der Waals surface area (Å²) in [6.07, 6.45) is 2.51. The molecule has 1 unspecified atom stereocenters. The minimum atomic E-state index is -1.19. The number of anilines is 1. The third-order valence-corrected chi connectivity index (χ3v) is 6.66. The van der Waals surface area contributed by atoms with Crippen LogP contribution in [0, 0.1) is 6.92 Å². The molecule has 3 N–H and O–H groups in total. The van der Waals surface area contributed by atoms with E-state index >= 15 is 0 Å². The quantitative estimate of drug-likeness (QED) is 0.358. The Kier molecular flexibility index (Phi) is 7.14. The number of nitrogens with one attached hydrogen (secondary N) is 1. The van der Waals surface area contributed by atoms with Gasteiger partial charge in [-0.1, -0.05) is 35.9 Å². The average molecular weight is 452 g/mol. The minimum absolute atomic E-state index is 0.450. The maximum atomic E-state index is 12.4. The van der Waals surface area contributed by atoms with E-state index in [0.29, 0.717) is 25.4 Å². The number of fused-ring (bicyclic) bond motifs is 3. The van der Waals surface area contributed by atoms with Gasteiger partial charge in [0, 0.05) is 32.0 Å². The third-order valence-electron chi connectivity index (χ3n) is 5.50. The molecule has 8 heteroatoms. The number of aromatic nitrogens is 3. The fraction of sp³-hybridized carbons (Fsp3) is 0.333. The number of benzene rings is 2. The maximum absolute atomic E-state index is 12.4. The summed E-state index contributed by atoms with van der Waals surface area (Å²) in [5.74, 6) is 1.40. The molecular formula is C24H29N5O2S. The van der Waals surface area contributed by atoms with Gasteiger partial charge < -0.3 is 15.0 Å². The zero-order chi connectivity index (χ0) is 22.5. The molecule has 0 amide bonds. The van der Waals surface area contributed by atoms with Crippen molar-refractivity contribution in [2.24, 2.45) is 0 Å². The lowest BCUT2D eigenvalue weighted by molar-refractivity contribution is 0.199.